The van der Waals surface area contributed by atoms with Gasteiger partial charge in [-0.3, -0.25) is 4.79 Å². The van der Waals surface area contributed by atoms with Gasteiger partial charge in [0.15, 0.2) is 0 Å². The fourth-order valence-electron chi connectivity index (χ4n) is 2.08. The molecule has 5 nitrogen and oxygen atoms in total. The van der Waals surface area contributed by atoms with E-state index in [9.17, 15) is 4.79 Å². The molecule has 0 spiro atoms. The van der Waals surface area contributed by atoms with E-state index in [4.69, 9.17) is 21.1 Å². The summed E-state index contributed by atoms with van der Waals surface area (Å²) in [6.07, 6.45) is 0. The second kappa shape index (κ2) is 8.36. The number of hydrogen-bond acceptors (Lipinski definition) is 4. The van der Waals surface area contributed by atoms with Crippen LogP contribution in [0.4, 0.5) is 0 Å². The van der Waals surface area contributed by atoms with Crippen LogP contribution in [0.15, 0.2) is 47.6 Å². The molecule has 0 fully saturated rings. The van der Waals surface area contributed by atoms with Crippen molar-refractivity contribution in [1.29, 1.82) is 0 Å². The molecule has 0 radical (unpaired) electrons. The molecule has 24 heavy (non-hydrogen) atoms. The van der Waals surface area contributed by atoms with E-state index in [0.717, 1.165) is 11.3 Å². The van der Waals surface area contributed by atoms with Gasteiger partial charge >= 0.3 is 0 Å². The van der Waals surface area contributed by atoms with E-state index in [0.29, 0.717) is 28.7 Å². The number of hydrazone groups is 1. The number of ether oxygens (including phenoxy) is 2. The molecule has 0 aliphatic rings. The van der Waals surface area contributed by atoms with Gasteiger partial charge in [0, 0.05) is 5.02 Å². The fourth-order valence-corrected chi connectivity index (χ4v) is 2.25. The molecule has 6 heteroatoms. The highest BCUT2D eigenvalue weighted by atomic mass is 35.5. The first-order chi connectivity index (χ1) is 11.5. The third kappa shape index (κ3) is 4.49. The second-order valence-electron chi connectivity index (χ2n) is 4.94. The summed E-state index contributed by atoms with van der Waals surface area (Å²) >= 11 is 5.93. The van der Waals surface area contributed by atoms with Crippen molar-refractivity contribution >= 4 is 23.2 Å². The maximum atomic E-state index is 12.3. The lowest BCUT2D eigenvalue weighted by molar-refractivity contribution is 0.0952. The zero-order valence-corrected chi connectivity index (χ0v) is 14.6. The monoisotopic (exact) mass is 346 g/mol. The molecule has 0 heterocycles. The van der Waals surface area contributed by atoms with Crippen LogP contribution >= 0.6 is 11.6 Å². The first-order valence-electron chi connectivity index (χ1n) is 7.46. The summed E-state index contributed by atoms with van der Waals surface area (Å²) in [4.78, 5) is 12.3. The van der Waals surface area contributed by atoms with Gasteiger partial charge in [-0.05, 0) is 61.9 Å². The Morgan fingerprint density at radius 1 is 1.21 bits per heavy atom. The molecule has 0 aromatic heterocycles. The zero-order valence-electron chi connectivity index (χ0n) is 13.8. The van der Waals surface area contributed by atoms with Crippen molar-refractivity contribution in [3.8, 4) is 11.5 Å². The molecule has 0 saturated heterocycles. The lowest BCUT2D eigenvalue weighted by Gasteiger charge is -2.08. The van der Waals surface area contributed by atoms with Crippen LogP contribution in [0.5, 0.6) is 11.5 Å². The Balaban J connectivity index is 2.11. The molecule has 1 amide bonds. The number of methoxy groups -OCH3 is 1. The molecule has 0 bridgehead atoms. The normalized spacial score (nSPS) is 11.1. The van der Waals surface area contributed by atoms with E-state index in [1.165, 1.54) is 13.2 Å². The summed E-state index contributed by atoms with van der Waals surface area (Å²) in [7, 11) is 1.49. The molecule has 0 saturated carbocycles. The number of halogens is 1. The van der Waals surface area contributed by atoms with Gasteiger partial charge in [-0.2, -0.15) is 5.10 Å². The summed E-state index contributed by atoms with van der Waals surface area (Å²) < 4.78 is 10.6. The minimum absolute atomic E-state index is 0.327. The standard InChI is InChI=1S/C18H19ClN2O3/c1-4-24-15-8-5-13(6-9-15)12(2)20-21-18(22)16-11-14(19)7-10-17(16)23-3/h5-11H,4H2,1-3H3,(H,21,22)/b20-12+. The molecule has 126 valence electrons. The summed E-state index contributed by atoms with van der Waals surface area (Å²) in [6, 6.07) is 12.3. The Kier molecular flexibility index (Phi) is 6.21. The highest BCUT2D eigenvalue weighted by molar-refractivity contribution is 6.31. The predicted octanol–water partition coefficient (Wildman–Crippen LogP) is 3.90. The van der Waals surface area contributed by atoms with Gasteiger partial charge in [-0.25, -0.2) is 5.43 Å². The first-order valence-corrected chi connectivity index (χ1v) is 7.84. The third-order valence-electron chi connectivity index (χ3n) is 3.31. The summed E-state index contributed by atoms with van der Waals surface area (Å²) in [5, 5.41) is 4.58. The van der Waals surface area contributed by atoms with Crippen molar-refractivity contribution in [2.45, 2.75) is 13.8 Å². The molecule has 2 aromatic rings. The lowest BCUT2D eigenvalue weighted by Crippen LogP contribution is -2.20. The van der Waals surface area contributed by atoms with E-state index >= 15 is 0 Å². The Bertz CT molecular complexity index is 742. The van der Waals surface area contributed by atoms with Crippen LogP contribution in [-0.4, -0.2) is 25.3 Å². The minimum Gasteiger partial charge on any atom is -0.496 e. The number of amides is 1. The number of carbonyl (C=O) groups is 1. The molecule has 2 aromatic carbocycles. The van der Waals surface area contributed by atoms with E-state index in [-0.39, 0.29) is 5.91 Å². The van der Waals surface area contributed by atoms with Crippen LogP contribution in [-0.2, 0) is 0 Å². The molecule has 0 unspecified atom stereocenters. The van der Waals surface area contributed by atoms with Crippen molar-refractivity contribution in [3.05, 3.63) is 58.6 Å². The van der Waals surface area contributed by atoms with Crippen molar-refractivity contribution in [3.63, 3.8) is 0 Å². The van der Waals surface area contributed by atoms with Crippen LogP contribution in [0.1, 0.15) is 29.8 Å². The molecule has 0 aliphatic carbocycles. The van der Waals surface area contributed by atoms with E-state index in [2.05, 4.69) is 10.5 Å². The number of nitrogens with zero attached hydrogens (tertiary/aromatic N) is 1. The number of carbonyl (C=O) groups excluding carboxylic acids is 1. The molecule has 1 N–H and O–H groups in total. The van der Waals surface area contributed by atoms with Crippen LogP contribution < -0.4 is 14.9 Å². The second-order valence-corrected chi connectivity index (χ2v) is 5.38. The Morgan fingerprint density at radius 2 is 1.92 bits per heavy atom. The van der Waals surface area contributed by atoms with Crippen LogP contribution in [0.2, 0.25) is 5.02 Å². The molecular weight excluding hydrogens is 328 g/mol. The van der Waals surface area contributed by atoms with Crippen molar-refractivity contribution in [1.82, 2.24) is 5.43 Å². The number of hydrogen-bond donors (Lipinski definition) is 1. The highest BCUT2D eigenvalue weighted by Gasteiger charge is 2.12. The number of nitrogens with one attached hydrogen (secondary N) is 1. The third-order valence-corrected chi connectivity index (χ3v) is 3.55. The summed E-state index contributed by atoms with van der Waals surface area (Å²) in [5.74, 6) is 0.840. The first kappa shape index (κ1) is 17.8. The molecule has 0 atom stereocenters. The van der Waals surface area contributed by atoms with Gasteiger partial charge in [-0.1, -0.05) is 11.6 Å². The van der Waals surface area contributed by atoms with E-state index in [1.54, 1.807) is 12.1 Å². The Labute approximate surface area is 146 Å². The predicted molar refractivity (Wildman–Crippen MR) is 95.3 cm³/mol. The van der Waals surface area contributed by atoms with Crippen LogP contribution in [0, 0.1) is 0 Å². The van der Waals surface area contributed by atoms with Crippen LogP contribution in [0.25, 0.3) is 0 Å². The molecular formula is C18H19ClN2O3. The molecule has 0 aliphatic heterocycles. The molecule has 2 rings (SSSR count). The number of benzene rings is 2. The van der Waals surface area contributed by atoms with Gasteiger partial charge in [0.05, 0.1) is 25.0 Å². The van der Waals surface area contributed by atoms with Gasteiger partial charge in [0.1, 0.15) is 11.5 Å². The van der Waals surface area contributed by atoms with Crippen molar-refractivity contribution in [2.75, 3.05) is 13.7 Å². The number of rotatable bonds is 6. The topological polar surface area (TPSA) is 59.9 Å². The van der Waals surface area contributed by atoms with E-state index in [1.807, 2.05) is 38.1 Å². The minimum atomic E-state index is -0.389. The summed E-state index contributed by atoms with van der Waals surface area (Å²) in [5.41, 5.74) is 4.40. The average molecular weight is 347 g/mol. The van der Waals surface area contributed by atoms with E-state index < -0.39 is 0 Å². The average Bonchev–Trinajstić information content (AvgIpc) is 2.60. The quantitative estimate of drug-likeness (QED) is 0.637. The largest absolute Gasteiger partial charge is 0.496 e. The van der Waals surface area contributed by atoms with Gasteiger partial charge in [0.25, 0.3) is 5.91 Å². The summed E-state index contributed by atoms with van der Waals surface area (Å²) in [6.45, 7) is 4.36. The van der Waals surface area contributed by atoms with Gasteiger partial charge in [-0.15, -0.1) is 0 Å². The smallest absolute Gasteiger partial charge is 0.275 e. The fraction of sp³-hybridized carbons (Fsp3) is 0.222. The van der Waals surface area contributed by atoms with Crippen LogP contribution in [0.3, 0.4) is 0 Å². The zero-order chi connectivity index (χ0) is 17.5. The Morgan fingerprint density at radius 3 is 2.54 bits per heavy atom. The van der Waals surface area contributed by atoms with Crippen molar-refractivity contribution in [2.24, 2.45) is 5.10 Å². The SMILES string of the molecule is CCOc1ccc(/C(C)=N/NC(=O)c2cc(Cl)ccc2OC)cc1. The maximum Gasteiger partial charge on any atom is 0.275 e. The maximum absolute atomic E-state index is 12.3. The van der Waals surface area contributed by atoms with Gasteiger partial charge < -0.3 is 9.47 Å². The lowest BCUT2D eigenvalue weighted by atomic mass is 10.1. The van der Waals surface area contributed by atoms with Gasteiger partial charge in [0.2, 0.25) is 0 Å². The highest BCUT2D eigenvalue weighted by Crippen LogP contribution is 2.22. The Hall–Kier alpha value is -2.53. The van der Waals surface area contributed by atoms with Crippen molar-refractivity contribution < 1.29 is 14.3 Å².